The van der Waals surface area contributed by atoms with Crippen molar-refractivity contribution in [1.82, 2.24) is 0 Å². The summed E-state index contributed by atoms with van der Waals surface area (Å²) in [6, 6.07) is 17.1. The van der Waals surface area contributed by atoms with Crippen molar-refractivity contribution in [3.8, 4) is 5.75 Å². The number of esters is 1. The molecule has 6 rings (SSSR count). The molecule has 0 radical (unpaired) electrons. The predicted molar refractivity (Wildman–Crippen MR) is 142 cm³/mol. The van der Waals surface area contributed by atoms with Crippen LogP contribution < -0.4 is 14.5 Å². The molecule has 3 aromatic rings. The number of carbonyl (C=O) groups is 3. The number of hydrogen-bond acceptors (Lipinski definition) is 5. The number of imide groups is 1. The molecule has 0 bridgehead atoms. The van der Waals surface area contributed by atoms with Gasteiger partial charge in [0.25, 0.3) is 0 Å². The molecular weight excluding hydrogens is 483 g/mol. The summed E-state index contributed by atoms with van der Waals surface area (Å²) in [5.74, 6) is -3.09. The van der Waals surface area contributed by atoms with Gasteiger partial charge in [-0.15, -0.1) is 0 Å². The van der Waals surface area contributed by atoms with E-state index in [0.717, 1.165) is 27.3 Å². The smallest absolute Gasteiger partial charge is 0.335 e. The number of amides is 2. The van der Waals surface area contributed by atoms with E-state index < -0.39 is 47.5 Å². The molecule has 0 N–H and O–H groups in total. The van der Waals surface area contributed by atoms with Crippen LogP contribution in [-0.4, -0.2) is 29.9 Å². The second-order valence-corrected chi connectivity index (χ2v) is 10.4. The van der Waals surface area contributed by atoms with E-state index in [2.05, 4.69) is 0 Å². The predicted octanol–water partition coefficient (Wildman–Crippen LogP) is 5.25. The number of nitrogens with zero attached hydrogens (tertiary/aromatic N) is 2. The van der Waals surface area contributed by atoms with Crippen LogP contribution in [0.15, 0.2) is 72.8 Å². The molecule has 0 saturated carbocycles. The zero-order valence-corrected chi connectivity index (χ0v) is 21.3. The average molecular weight is 511 g/mol. The van der Waals surface area contributed by atoms with E-state index in [1.54, 1.807) is 0 Å². The topological polar surface area (TPSA) is 66.9 Å². The zero-order valence-electron chi connectivity index (χ0n) is 21.3. The van der Waals surface area contributed by atoms with Crippen molar-refractivity contribution in [3.63, 3.8) is 0 Å². The van der Waals surface area contributed by atoms with Gasteiger partial charge in [0.15, 0.2) is 0 Å². The van der Waals surface area contributed by atoms with Gasteiger partial charge in [-0.05, 0) is 65.9 Å². The van der Waals surface area contributed by atoms with E-state index in [9.17, 15) is 18.8 Å². The molecule has 2 amide bonds. The number of hydrogen-bond donors (Lipinski definition) is 0. The van der Waals surface area contributed by atoms with Gasteiger partial charge in [0.2, 0.25) is 11.8 Å². The van der Waals surface area contributed by atoms with E-state index in [4.69, 9.17) is 4.74 Å². The molecule has 0 aliphatic carbocycles. The summed E-state index contributed by atoms with van der Waals surface area (Å²) < 4.78 is 19.6. The minimum atomic E-state index is -1.02. The number of ether oxygens (including phenoxy) is 1. The van der Waals surface area contributed by atoms with Crippen LogP contribution in [0.5, 0.6) is 5.75 Å². The normalized spacial score (nSPS) is 23.5. The molecule has 3 heterocycles. The van der Waals surface area contributed by atoms with Gasteiger partial charge in [-0.3, -0.25) is 9.59 Å². The van der Waals surface area contributed by atoms with Gasteiger partial charge in [-0.25, -0.2) is 14.1 Å². The van der Waals surface area contributed by atoms with Crippen molar-refractivity contribution in [2.45, 2.75) is 38.8 Å². The second kappa shape index (κ2) is 8.94. The molecule has 6 nitrogen and oxygen atoms in total. The van der Waals surface area contributed by atoms with E-state index in [-0.39, 0.29) is 11.6 Å². The first-order valence-electron chi connectivity index (χ1n) is 12.8. The average Bonchev–Trinajstić information content (AvgIpc) is 3.37. The van der Waals surface area contributed by atoms with Crippen LogP contribution in [0.2, 0.25) is 0 Å². The third-order valence-corrected chi connectivity index (χ3v) is 7.74. The Morgan fingerprint density at radius 2 is 1.66 bits per heavy atom. The Bertz CT molecular complexity index is 1500. The van der Waals surface area contributed by atoms with Gasteiger partial charge in [0, 0.05) is 5.69 Å². The van der Waals surface area contributed by atoms with E-state index >= 15 is 0 Å². The molecule has 4 atom stereocenters. The van der Waals surface area contributed by atoms with Crippen molar-refractivity contribution < 1.29 is 23.5 Å². The standard InChI is InChI=1S/C31H27FN2O4/c1-17(2)22-14-8-18(3)16-25(22)38-31(37)28-27-26(24-15-9-19-6-4-5-7-23(19)34(24)28)29(35)33(30(27)36)21-12-10-20(32)11-13-21/h4-17,24,26-28H,1-3H3/t24-,26-,27-,28+/m1/s1. The van der Waals surface area contributed by atoms with E-state index in [1.165, 1.54) is 24.3 Å². The van der Waals surface area contributed by atoms with E-state index in [0.29, 0.717) is 5.75 Å². The van der Waals surface area contributed by atoms with Gasteiger partial charge in [-0.1, -0.05) is 56.3 Å². The van der Waals surface area contributed by atoms with Gasteiger partial charge < -0.3 is 9.64 Å². The Morgan fingerprint density at radius 1 is 0.947 bits per heavy atom. The zero-order chi connectivity index (χ0) is 26.7. The van der Waals surface area contributed by atoms with Crippen molar-refractivity contribution in [1.29, 1.82) is 0 Å². The lowest BCUT2D eigenvalue weighted by molar-refractivity contribution is -0.139. The Hall–Kier alpha value is -4.26. The summed E-state index contributed by atoms with van der Waals surface area (Å²) in [5.41, 5.74) is 3.79. The molecule has 38 heavy (non-hydrogen) atoms. The molecule has 0 unspecified atom stereocenters. The molecule has 3 aliphatic heterocycles. The highest BCUT2D eigenvalue weighted by atomic mass is 19.1. The maximum absolute atomic E-state index is 14.0. The fourth-order valence-corrected chi connectivity index (χ4v) is 6.00. The number of aryl methyl sites for hydroxylation is 1. The Morgan fingerprint density at radius 3 is 2.39 bits per heavy atom. The third-order valence-electron chi connectivity index (χ3n) is 7.74. The van der Waals surface area contributed by atoms with Crippen molar-refractivity contribution in [3.05, 3.63) is 95.3 Å². The molecule has 0 spiro atoms. The lowest BCUT2D eigenvalue weighted by Gasteiger charge is -2.36. The van der Waals surface area contributed by atoms with Gasteiger partial charge >= 0.3 is 5.97 Å². The third kappa shape index (κ3) is 3.64. The highest BCUT2D eigenvalue weighted by molar-refractivity contribution is 6.24. The molecule has 2 fully saturated rings. The number of carbonyl (C=O) groups excluding carboxylic acids is 3. The highest BCUT2D eigenvalue weighted by Crippen LogP contribution is 2.49. The summed E-state index contributed by atoms with van der Waals surface area (Å²) in [7, 11) is 0. The van der Waals surface area contributed by atoms with E-state index in [1.807, 2.05) is 80.3 Å². The summed E-state index contributed by atoms with van der Waals surface area (Å²) in [6.07, 6.45) is 3.82. The van der Waals surface area contributed by atoms with Crippen LogP contribution >= 0.6 is 0 Å². The maximum Gasteiger partial charge on any atom is 0.335 e. The number of halogens is 1. The Kier molecular flexibility index (Phi) is 5.67. The lowest BCUT2D eigenvalue weighted by atomic mass is 9.88. The summed E-state index contributed by atoms with van der Waals surface area (Å²) in [5, 5.41) is 0. The minimum Gasteiger partial charge on any atom is -0.425 e. The van der Waals surface area contributed by atoms with Crippen LogP contribution in [0.4, 0.5) is 15.8 Å². The van der Waals surface area contributed by atoms with Crippen LogP contribution in [-0.2, 0) is 14.4 Å². The Balaban J connectivity index is 1.45. The quantitative estimate of drug-likeness (QED) is 0.272. The van der Waals surface area contributed by atoms with Crippen molar-refractivity contribution in [2.75, 3.05) is 9.80 Å². The van der Waals surface area contributed by atoms with Crippen LogP contribution in [0, 0.1) is 24.6 Å². The fraction of sp³-hybridized carbons (Fsp3) is 0.258. The van der Waals surface area contributed by atoms with Crippen molar-refractivity contribution >= 4 is 35.2 Å². The largest absolute Gasteiger partial charge is 0.425 e. The number of para-hydroxylation sites is 1. The fourth-order valence-electron chi connectivity index (χ4n) is 6.00. The van der Waals surface area contributed by atoms with Crippen molar-refractivity contribution in [2.24, 2.45) is 11.8 Å². The second-order valence-electron chi connectivity index (χ2n) is 10.4. The Labute approximate surface area is 220 Å². The number of fused-ring (bicyclic) bond motifs is 5. The number of rotatable bonds is 4. The lowest BCUT2D eigenvalue weighted by Crippen LogP contribution is -2.50. The maximum atomic E-state index is 14.0. The SMILES string of the molecule is Cc1ccc(C(C)C)c(OC(=O)[C@@H]2[C@@H]3C(=O)N(c4ccc(F)cc4)C(=O)[C@@H]3[C@H]3C=Cc4ccccc4N32)c1. The molecule has 3 aliphatic rings. The highest BCUT2D eigenvalue weighted by Gasteiger charge is 2.65. The summed E-state index contributed by atoms with van der Waals surface area (Å²) in [4.78, 5) is 44.6. The molecule has 192 valence electrons. The molecule has 3 aromatic carbocycles. The monoisotopic (exact) mass is 510 g/mol. The first-order chi connectivity index (χ1) is 18.3. The number of anilines is 2. The van der Waals surface area contributed by atoms with Gasteiger partial charge in [0.1, 0.15) is 17.6 Å². The summed E-state index contributed by atoms with van der Waals surface area (Å²) in [6.45, 7) is 5.97. The first kappa shape index (κ1) is 24.1. The molecule has 0 aromatic heterocycles. The van der Waals surface area contributed by atoms with Gasteiger partial charge in [-0.2, -0.15) is 0 Å². The number of benzene rings is 3. The van der Waals surface area contributed by atoms with Crippen LogP contribution in [0.25, 0.3) is 6.08 Å². The minimum absolute atomic E-state index is 0.116. The first-order valence-corrected chi connectivity index (χ1v) is 12.8. The molecule has 2 saturated heterocycles. The van der Waals surface area contributed by atoms with Crippen LogP contribution in [0.3, 0.4) is 0 Å². The molecular formula is C31H27FN2O4. The van der Waals surface area contributed by atoms with Gasteiger partial charge in [0.05, 0.1) is 23.6 Å². The van der Waals surface area contributed by atoms with Crippen LogP contribution in [0.1, 0.15) is 36.5 Å². The summed E-state index contributed by atoms with van der Waals surface area (Å²) >= 11 is 0. The molecule has 7 heteroatoms.